The van der Waals surface area contributed by atoms with Crippen LogP contribution >= 0.6 is 11.6 Å². The fourth-order valence-corrected chi connectivity index (χ4v) is 4.43. The Morgan fingerprint density at radius 2 is 2.03 bits per heavy atom. The molecule has 1 saturated heterocycles. The molecule has 0 spiro atoms. The monoisotopic (exact) mass is 411 g/mol. The van der Waals surface area contributed by atoms with Crippen LogP contribution in [0.2, 0.25) is 5.02 Å². The number of imidazole rings is 1. The number of aromatic hydroxyl groups is 1. The van der Waals surface area contributed by atoms with Crippen molar-refractivity contribution in [3.05, 3.63) is 46.0 Å². The standard InChI is InChI=1S/C21H22ClN5O2/c22-15-4-5-23-20(28)18(15)19-24-16-10-13-12-27(9-3-8-26-6-1-2-7-26)21(29)14(13)11-17(16)25-19/h4-5,10-12,29H,1-3,6-9H2,(H,23,28)(H,24,25). The predicted octanol–water partition coefficient (Wildman–Crippen LogP) is 3.72. The van der Waals surface area contributed by atoms with E-state index in [2.05, 4.69) is 19.9 Å². The number of aromatic amines is 2. The normalized spacial score (nSPS) is 15.1. The van der Waals surface area contributed by atoms with Gasteiger partial charge in [-0.15, -0.1) is 0 Å². The van der Waals surface area contributed by atoms with E-state index in [0.717, 1.165) is 35.8 Å². The fraction of sp³-hybridized carbons (Fsp3) is 0.333. The van der Waals surface area contributed by atoms with Gasteiger partial charge in [0.25, 0.3) is 5.56 Å². The molecule has 4 heterocycles. The molecule has 0 saturated carbocycles. The highest BCUT2D eigenvalue weighted by molar-refractivity contribution is 6.33. The molecule has 3 N–H and O–H groups in total. The lowest BCUT2D eigenvalue weighted by Crippen LogP contribution is -2.21. The van der Waals surface area contributed by atoms with Crippen molar-refractivity contribution in [1.82, 2.24) is 24.4 Å². The molecule has 0 amide bonds. The zero-order valence-electron chi connectivity index (χ0n) is 15.9. The quantitative estimate of drug-likeness (QED) is 0.467. The van der Waals surface area contributed by atoms with Crippen LogP contribution in [-0.4, -0.2) is 49.2 Å². The fourth-order valence-electron chi connectivity index (χ4n) is 4.19. The number of benzene rings is 1. The lowest BCUT2D eigenvalue weighted by atomic mass is 10.2. The van der Waals surface area contributed by atoms with E-state index in [1.807, 2.05) is 22.9 Å². The molecule has 7 nitrogen and oxygen atoms in total. The smallest absolute Gasteiger partial charge is 0.260 e. The average molecular weight is 412 g/mol. The Kier molecular flexibility index (Phi) is 4.56. The molecule has 0 bridgehead atoms. The van der Waals surface area contributed by atoms with E-state index in [-0.39, 0.29) is 11.4 Å². The van der Waals surface area contributed by atoms with Gasteiger partial charge in [0.15, 0.2) is 5.88 Å². The van der Waals surface area contributed by atoms with E-state index in [9.17, 15) is 9.90 Å². The van der Waals surface area contributed by atoms with Gasteiger partial charge in [-0.25, -0.2) is 4.98 Å². The highest BCUT2D eigenvalue weighted by Crippen LogP contribution is 2.32. The molecule has 0 radical (unpaired) electrons. The summed E-state index contributed by atoms with van der Waals surface area (Å²) >= 11 is 6.19. The second-order valence-corrected chi connectivity index (χ2v) is 8.03. The summed E-state index contributed by atoms with van der Waals surface area (Å²) in [6.07, 6.45) is 7.06. The number of nitrogens with zero attached hydrogens (tertiary/aromatic N) is 3. The summed E-state index contributed by atoms with van der Waals surface area (Å²) in [6.45, 7) is 4.21. The predicted molar refractivity (Wildman–Crippen MR) is 115 cm³/mol. The molecule has 1 fully saturated rings. The molecule has 3 aromatic heterocycles. The van der Waals surface area contributed by atoms with E-state index in [4.69, 9.17) is 11.6 Å². The van der Waals surface area contributed by atoms with E-state index in [1.54, 1.807) is 6.07 Å². The largest absolute Gasteiger partial charge is 0.494 e. The van der Waals surface area contributed by atoms with Crippen LogP contribution in [-0.2, 0) is 6.54 Å². The zero-order chi connectivity index (χ0) is 20.0. The second kappa shape index (κ2) is 7.24. The van der Waals surface area contributed by atoms with Crippen molar-refractivity contribution in [2.75, 3.05) is 19.6 Å². The molecule has 150 valence electrons. The van der Waals surface area contributed by atoms with Crippen LogP contribution in [0.15, 0.2) is 35.4 Å². The number of hydrogen-bond acceptors (Lipinski definition) is 4. The molecule has 5 rings (SSSR count). The van der Waals surface area contributed by atoms with Crippen LogP contribution in [0.1, 0.15) is 19.3 Å². The SMILES string of the molecule is O=c1[nH]ccc(Cl)c1-c1nc2cc3c(O)n(CCCN4CCCC4)cc3cc2[nH]1. The number of halogens is 1. The molecule has 0 unspecified atom stereocenters. The lowest BCUT2D eigenvalue weighted by Gasteiger charge is -2.14. The Hall–Kier alpha value is -2.77. The summed E-state index contributed by atoms with van der Waals surface area (Å²) in [5, 5.41) is 12.7. The number of rotatable bonds is 5. The van der Waals surface area contributed by atoms with Crippen molar-refractivity contribution in [3.63, 3.8) is 0 Å². The Balaban J connectivity index is 1.46. The third-order valence-electron chi connectivity index (χ3n) is 5.68. The molecule has 1 aromatic carbocycles. The minimum atomic E-state index is -0.297. The van der Waals surface area contributed by atoms with Crippen molar-refractivity contribution in [2.24, 2.45) is 0 Å². The molecule has 1 aliphatic rings. The van der Waals surface area contributed by atoms with Gasteiger partial charge in [0.1, 0.15) is 11.4 Å². The minimum absolute atomic E-state index is 0.253. The molecule has 4 aromatic rings. The number of fused-ring (bicyclic) bond motifs is 2. The maximum Gasteiger partial charge on any atom is 0.260 e. The number of hydrogen-bond donors (Lipinski definition) is 3. The number of nitrogens with one attached hydrogen (secondary N) is 2. The zero-order valence-corrected chi connectivity index (χ0v) is 16.7. The van der Waals surface area contributed by atoms with Gasteiger partial charge < -0.3 is 24.5 Å². The molecule has 8 heteroatoms. The summed E-state index contributed by atoms with van der Waals surface area (Å²) in [5.74, 6) is 0.668. The summed E-state index contributed by atoms with van der Waals surface area (Å²) in [6, 6.07) is 5.42. The van der Waals surface area contributed by atoms with Crippen molar-refractivity contribution in [1.29, 1.82) is 0 Å². The number of likely N-dealkylation sites (tertiary alicyclic amines) is 1. The highest BCUT2D eigenvalue weighted by Gasteiger charge is 2.16. The first-order chi connectivity index (χ1) is 14.1. The van der Waals surface area contributed by atoms with E-state index >= 15 is 0 Å². The van der Waals surface area contributed by atoms with E-state index in [0.29, 0.717) is 21.9 Å². The third kappa shape index (κ3) is 3.30. The highest BCUT2D eigenvalue weighted by atomic mass is 35.5. The van der Waals surface area contributed by atoms with Crippen LogP contribution in [0, 0.1) is 0 Å². The second-order valence-electron chi connectivity index (χ2n) is 7.62. The third-order valence-corrected chi connectivity index (χ3v) is 5.99. The van der Waals surface area contributed by atoms with Crippen LogP contribution < -0.4 is 5.56 Å². The van der Waals surface area contributed by atoms with Crippen molar-refractivity contribution in [2.45, 2.75) is 25.8 Å². The molecule has 0 atom stereocenters. The van der Waals surface area contributed by atoms with Crippen LogP contribution in [0.5, 0.6) is 5.88 Å². The number of H-pyrrole nitrogens is 2. The summed E-state index contributed by atoms with van der Waals surface area (Å²) in [5.41, 5.74) is 1.48. The summed E-state index contributed by atoms with van der Waals surface area (Å²) < 4.78 is 1.90. The van der Waals surface area contributed by atoms with Gasteiger partial charge >= 0.3 is 0 Å². The van der Waals surface area contributed by atoms with Crippen LogP contribution in [0.3, 0.4) is 0 Å². The maximum absolute atomic E-state index is 12.1. The molecule has 29 heavy (non-hydrogen) atoms. The van der Waals surface area contributed by atoms with Gasteiger partial charge in [0.05, 0.1) is 16.1 Å². The molecule has 0 aliphatic carbocycles. The van der Waals surface area contributed by atoms with Gasteiger partial charge in [0, 0.05) is 29.7 Å². The van der Waals surface area contributed by atoms with E-state index in [1.165, 1.54) is 32.1 Å². The van der Waals surface area contributed by atoms with Crippen LogP contribution in [0.25, 0.3) is 33.2 Å². The number of aromatic nitrogens is 4. The summed E-state index contributed by atoms with van der Waals surface area (Å²) in [4.78, 5) is 25.0. The first-order valence-electron chi connectivity index (χ1n) is 9.91. The molecule has 1 aliphatic heterocycles. The lowest BCUT2D eigenvalue weighted by molar-refractivity contribution is 0.320. The Morgan fingerprint density at radius 1 is 1.21 bits per heavy atom. The van der Waals surface area contributed by atoms with Gasteiger partial charge in [-0.1, -0.05) is 11.6 Å². The Labute approximate surface area is 171 Å². The van der Waals surface area contributed by atoms with Gasteiger partial charge in [0.2, 0.25) is 0 Å². The number of aryl methyl sites for hydroxylation is 1. The van der Waals surface area contributed by atoms with Crippen LogP contribution in [0.4, 0.5) is 0 Å². The van der Waals surface area contributed by atoms with E-state index < -0.39 is 0 Å². The Bertz CT molecular complexity index is 1250. The van der Waals surface area contributed by atoms with Crippen molar-refractivity contribution >= 4 is 33.4 Å². The van der Waals surface area contributed by atoms with Crippen molar-refractivity contribution < 1.29 is 5.11 Å². The minimum Gasteiger partial charge on any atom is -0.494 e. The van der Waals surface area contributed by atoms with Crippen molar-refractivity contribution in [3.8, 4) is 17.3 Å². The number of pyridine rings is 1. The maximum atomic E-state index is 12.1. The molecular weight excluding hydrogens is 390 g/mol. The topological polar surface area (TPSA) is 89.9 Å². The summed E-state index contributed by atoms with van der Waals surface area (Å²) in [7, 11) is 0. The Morgan fingerprint density at radius 3 is 2.83 bits per heavy atom. The van der Waals surface area contributed by atoms with Gasteiger partial charge in [-0.05, 0) is 57.1 Å². The van der Waals surface area contributed by atoms with Gasteiger partial charge in [-0.2, -0.15) is 0 Å². The molecular formula is C21H22ClN5O2. The average Bonchev–Trinajstić information content (AvgIpc) is 3.40. The first kappa shape index (κ1) is 18.3. The van der Waals surface area contributed by atoms with Gasteiger partial charge in [-0.3, -0.25) is 4.79 Å². The first-order valence-corrected chi connectivity index (χ1v) is 10.3.